The summed E-state index contributed by atoms with van der Waals surface area (Å²) in [5, 5.41) is 7.48. The van der Waals surface area contributed by atoms with Crippen LogP contribution in [0.25, 0.3) is 9.88 Å². The van der Waals surface area contributed by atoms with Gasteiger partial charge in [-0.2, -0.15) is 0 Å². The van der Waals surface area contributed by atoms with Gasteiger partial charge in [-0.25, -0.2) is 4.98 Å². The maximum atomic E-state index is 11.7. The molecule has 5 nitrogen and oxygen atoms in total. The molecule has 0 bridgehead atoms. The fourth-order valence-electron chi connectivity index (χ4n) is 1.53. The van der Waals surface area contributed by atoms with Crippen LogP contribution in [0.2, 0.25) is 0 Å². The number of nitrogens with zero attached hydrogens (tertiary/aromatic N) is 1. The molecular weight excluding hydrogens is 296 g/mol. The summed E-state index contributed by atoms with van der Waals surface area (Å²) in [7, 11) is 1.32. The van der Waals surface area contributed by atoms with E-state index in [0.717, 1.165) is 15.6 Å². The van der Waals surface area contributed by atoms with Gasteiger partial charge in [0.15, 0.2) is 0 Å². The third-order valence-corrected chi connectivity index (χ3v) is 4.43. The number of rotatable bonds is 6. The molecule has 0 atom stereocenters. The molecule has 0 spiro atoms. The van der Waals surface area contributed by atoms with Crippen LogP contribution >= 0.6 is 22.7 Å². The van der Waals surface area contributed by atoms with E-state index in [2.05, 4.69) is 15.0 Å². The first-order valence-corrected chi connectivity index (χ1v) is 7.77. The Labute approximate surface area is 124 Å². The van der Waals surface area contributed by atoms with Crippen molar-refractivity contribution in [2.24, 2.45) is 0 Å². The first-order chi connectivity index (χ1) is 9.69. The lowest BCUT2D eigenvalue weighted by Gasteiger charge is -2.02. The lowest BCUT2D eigenvalue weighted by molar-refractivity contribution is -0.140. The van der Waals surface area contributed by atoms with Crippen molar-refractivity contribution in [3.8, 4) is 9.88 Å². The number of methoxy groups -OCH3 is 1. The van der Waals surface area contributed by atoms with Gasteiger partial charge in [0, 0.05) is 11.9 Å². The van der Waals surface area contributed by atoms with Crippen molar-refractivity contribution in [1.29, 1.82) is 0 Å². The van der Waals surface area contributed by atoms with E-state index in [1.807, 2.05) is 22.9 Å². The van der Waals surface area contributed by atoms with Crippen LogP contribution in [-0.2, 0) is 20.7 Å². The molecule has 0 saturated heterocycles. The molecule has 20 heavy (non-hydrogen) atoms. The van der Waals surface area contributed by atoms with E-state index in [9.17, 15) is 9.59 Å². The Balaban J connectivity index is 1.81. The third-order valence-electron chi connectivity index (χ3n) is 2.50. The van der Waals surface area contributed by atoms with Crippen LogP contribution in [0.15, 0.2) is 22.9 Å². The van der Waals surface area contributed by atoms with Gasteiger partial charge in [0.05, 0.1) is 30.5 Å². The predicted octanol–water partition coefficient (Wildman–Crippen LogP) is 2.09. The van der Waals surface area contributed by atoms with Crippen molar-refractivity contribution in [3.05, 3.63) is 28.6 Å². The van der Waals surface area contributed by atoms with Crippen LogP contribution < -0.4 is 5.32 Å². The van der Waals surface area contributed by atoms with E-state index in [0.29, 0.717) is 0 Å². The molecule has 0 saturated carbocycles. The van der Waals surface area contributed by atoms with E-state index in [1.165, 1.54) is 18.4 Å². The Bertz CT molecular complexity index is 578. The lowest BCUT2D eigenvalue weighted by Crippen LogP contribution is -2.27. The summed E-state index contributed by atoms with van der Waals surface area (Å²) in [6.45, 7) is 0.285. The van der Waals surface area contributed by atoms with Crippen LogP contribution in [0, 0.1) is 0 Å². The Morgan fingerprint density at radius 2 is 2.25 bits per heavy atom. The monoisotopic (exact) mass is 310 g/mol. The van der Waals surface area contributed by atoms with Gasteiger partial charge in [0.25, 0.3) is 0 Å². The Hall–Kier alpha value is -1.73. The first-order valence-electron chi connectivity index (χ1n) is 6.01. The molecule has 2 heterocycles. The van der Waals surface area contributed by atoms with E-state index in [1.54, 1.807) is 11.3 Å². The van der Waals surface area contributed by atoms with Crippen LogP contribution in [0.5, 0.6) is 0 Å². The third kappa shape index (κ3) is 4.14. The highest BCUT2D eigenvalue weighted by molar-refractivity contribution is 7.20. The van der Waals surface area contributed by atoms with Crippen LogP contribution in [0.4, 0.5) is 0 Å². The highest BCUT2D eigenvalue weighted by Crippen LogP contribution is 2.27. The lowest BCUT2D eigenvalue weighted by atomic mass is 10.3. The summed E-state index contributed by atoms with van der Waals surface area (Å²) in [5.74, 6) is -0.476. The number of nitrogens with one attached hydrogen (secondary N) is 1. The zero-order chi connectivity index (χ0) is 14.4. The molecule has 0 aromatic carbocycles. The second-order valence-electron chi connectivity index (χ2n) is 3.97. The number of carbonyl (C=O) groups is 2. The minimum Gasteiger partial charge on any atom is -0.469 e. The second-order valence-corrected chi connectivity index (χ2v) is 5.78. The van der Waals surface area contributed by atoms with Gasteiger partial charge >= 0.3 is 5.97 Å². The van der Waals surface area contributed by atoms with Gasteiger partial charge in [-0.05, 0) is 11.4 Å². The normalized spacial score (nSPS) is 10.2. The summed E-state index contributed by atoms with van der Waals surface area (Å²) in [6.07, 6.45) is 0.406. The molecule has 2 rings (SSSR count). The average molecular weight is 310 g/mol. The summed E-state index contributed by atoms with van der Waals surface area (Å²) in [5.41, 5.74) is 0.744. The molecule has 7 heteroatoms. The number of esters is 1. The van der Waals surface area contributed by atoms with Gasteiger partial charge in [-0.1, -0.05) is 6.07 Å². The topological polar surface area (TPSA) is 68.3 Å². The molecule has 0 aliphatic carbocycles. The number of thiazole rings is 1. The smallest absolute Gasteiger partial charge is 0.307 e. The summed E-state index contributed by atoms with van der Waals surface area (Å²) in [4.78, 5) is 28.1. The molecule has 0 fully saturated rings. The molecule has 1 N–H and O–H groups in total. The maximum absolute atomic E-state index is 11.7. The van der Waals surface area contributed by atoms with E-state index in [4.69, 9.17) is 0 Å². The maximum Gasteiger partial charge on any atom is 0.307 e. The minimum absolute atomic E-state index is 0.142. The number of hydrogen-bond acceptors (Lipinski definition) is 6. The molecule has 2 aromatic heterocycles. The zero-order valence-corrected chi connectivity index (χ0v) is 12.6. The fraction of sp³-hybridized carbons (Fsp3) is 0.308. The van der Waals surface area contributed by atoms with Gasteiger partial charge in [-0.15, -0.1) is 22.7 Å². The van der Waals surface area contributed by atoms with Crippen molar-refractivity contribution in [1.82, 2.24) is 10.3 Å². The van der Waals surface area contributed by atoms with E-state index in [-0.39, 0.29) is 31.3 Å². The van der Waals surface area contributed by atoms with Crippen LogP contribution in [0.1, 0.15) is 12.1 Å². The summed E-state index contributed by atoms with van der Waals surface area (Å²) < 4.78 is 4.50. The number of aromatic nitrogens is 1. The Kier molecular flexibility index (Phi) is 5.25. The van der Waals surface area contributed by atoms with Gasteiger partial charge in [0.1, 0.15) is 5.01 Å². The van der Waals surface area contributed by atoms with Crippen molar-refractivity contribution < 1.29 is 14.3 Å². The van der Waals surface area contributed by atoms with E-state index < -0.39 is 0 Å². The van der Waals surface area contributed by atoms with Gasteiger partial charge < -0.3 is 10.1 Å². The fourth-order valence-corrected chi connectivity index (χ4v) is 3.17. The number of amides is 1. The zero-order valence-electron chi connectivity index (χ0n) is 10.9. The molecule has 1 amide bonds. The quantitative estimate of drug-likeness (QED) is 0.830. The standard InChI is InChI=1S/C13H14N2O3S2/c1-18-12(17)4-5-14-11(16)7-9-8-20-13(15-9)10-3-2-6-19-10/h2-3,6,8H,4-5,7H2,1H3,(H,14,16). The summed E-state index contributed by atoms with van der Waals surface area (Å²) in [6, 6.07) is 3.98. The predicted molar refractivity (Wildman–Crippen MR) is 78.8 cm³/mol. The van der Waals surface area contributed by atoms with Crippen molar-refractivity contribution in [3.63, 3.8) is 0 Å². The van der Waals surface area contributed by atoms with Gasteiger partial charge in [0.2, 0.25) is 5.91 Å². The minimum atomic E-state index is -0.334. The largest absolute Gasteiger partial charge is 0.469 e. The van der Waals surface area contributed by atoms with Gasteiger partial charge in [-0.3, -0.25) is 9.59 Å². The van der Waals surface area contributed by atoms with Crippen molar-refractivity contribution >= 4 is 34.6 Å². The number of hydrogen-bond donors (Lipinski definition) is 1. The molecular formula is C13H14N2O3S2. The van der Waals surface area contributed by atoms with E-state index >= 15 is 0 Å². The average Bonchev–Trinajstić information content (AvgIpc) is 3.08. The Morgan fingerprint density at radius 1 is 1.40 bits per heavy atom. The molecule has 0 aliphatic rings. The second kappa shape index (κ2) is 7.16. The summed E-state index contributed by atoms with van der Waals surface area (Å²) >= 11 is 3.15. The number of carbonyl (C=O) groups excluding carboxylic acids is 2. The SMILES string of the molecule is COC(=O)CCNC(=O)Cc1csc(-c2cccs2)n1. The Morgan fingerprint density at radius 3 is 2.95 bits per heavy atom. The van der Waals surface area contributed by atoms with Crippen molar-refractivity contribution in [2.75, 3.05) is 13.7 Å². The molecule has 0 unspecified atom stereocenters. The van der Waals surface area contributed by atoms with Crippen LogP contribution in [-0.4, -0.2) is 30.5 Å². The highest BCUT2D eigenvalue weighted by Gasteiger charge is 2.10. The molecule has 106 valence electrons. The number of ether oxygens (including phenoxy) is 1. The number of thiophene rings is 1. The highest BCUT2D eigenvalue weighted by atomic mass is 32.1. The molecule has 0 aliphatic heterocycles. The van der Waals surface area contributed by atoms with Crippen molar-refractivity contribution in [2.45, 2.75) is 12.8 Å². The first kappa shape index (κ1) is 14.7. The molecule has 2 aromatic rings. The molecule has 0 radical (unpaired) electrons. The van der Waals surface area contributed by atoms with Crippen LogP contribution in [0.3, 0.4) is 0 Å².